The second-order valence-corrected chi connectivity index (χ2v) is 5.39. The maximum absolute atomic E-state index is 6.18. The molecule has 3 rings (SSSR count). The smallest absolute Gasteiger partial charge is 0.0672 e. The Morgan fingerprint density at radius 3 is 3.11 bits per heavy atom. The second-order valence-electron chi connectivity index (χ2n) is 5.39. The van der Waals surface area contributed by atoms with Crippen molar-refractivity contribution >= 4 is 22.3 Å². The molecule has 2 heterocycles. The van der Waals surface area contributed by atoms with Crippen molar-refractivity contribution in [2.45, 2.75) is 26.2 Å². The fourth-order valence-electron chi connectivity index (χ4n) is 2.78. The summed E-state index contributed by atoms with van der Waals surface area (Å²) in [5, 5.41) is 8.16. The van der Waals surface area contributed by atoms with Gasteiger partial charge in [0.05, 0.1) is 23.1 Å². The number of rotatable bonds is 1. The second kappa shape index (κ2) is 4.52. The van der Waals surface area contributed by atoms with Crippen LogP contribution in [0.2, 0.25) is 0 Å². The van der Waals surface area contributed by atoms with E-state index in [9.17, 15) is 0 Å². The Labute approximate surface area is 107 Å². The molecule has 0 aliphatic carbocycles. The van der Waals surface area contributed by atoms with Crippen LogP contribution in [0.25, 0.3) is 10.9 Å². The number of benzene rings is 1. The third-order valence-electron chi connectivity index (χ3n) is 3.94. The zero-order valence-electron chi connectivity index (χ0n) is 10.8. The van der Waals surface area contributed by atoms with Crippen LogP contribution >= 0.6 is 0 Å². The van der Waals surface area contributed by atoms with Crippen molar-refractivity contribution in [3.63, 3.8) is 0 Å². The lowest BCUT2D eigenvalue weighted by molar-refractivity contribution is 0.521. The first kappa shape index (κ1) is 11.4. The molecule has 1 aromatic heterocycles. The van der Waals surface area contributed by atoms with Crippen LogP contribution in [-0.2, 0) is 0 Å². The number of aromatic amines is 1. The van der Waals surface area contributed by atoms with Gasteiger partial charge in [-0.1, -0.05) is 6.92 Å². The van der Waals surface area contributed by atoms with Gasteiger partial charge in [-0.3, -0.25) is 5.10 Å². The molecule has 1 aliphatic heterocycles. The van der Waals surface area contributed by atoms with Crippen molar-refractivity contribution in [1.29, 1.82) is 0 Å². The number of H-pyrrole nitrogens is 1. The zero-order chi connectivity index (χ0) is 12.5. The number of nitrogens with zero attached hydrogens (tertiary/aromatic N) is 2. The minimum Gasteiger partial charge on any atom is -0.397 e. The van der Waals surface area contributed by atoms with Crippen LogP contribution < -0.4 is 10.6 Å². The van der Waals surface area contributed by atoms with E-state index in [0.29, 0.717) is 0 Å². The van der Waals surface area contributed by atoms with E-state index in [1.807, 2.05) is 12.3 Å². The molecule has 1 unspecified atom stereocenters. The zero-order valence-corrected chi connectivity index (χ0v) is 10.8. The number of nitrogens with two attached hydrogens (primary N) is 1. The highest BCUT2D eigenvalue weighted by Crippen LogP contribution is 2.30. The van der Waals surface area contributed by atoms with E-state index in [4.69, 9.17) is 5.73 Å². The number of aromatic nitrogens is 2. The molecule has 1 atom stereocenters. The fourth-order valence-corrected chi connectivity index (χ4v) is 2.78. The first-order valence-corrected chi connectivity index (χ1v) is 6.71. The summed E-state index contributed by atoms with van der Waals surface area (Å²) in [6.45, 7) is 4.55. The number of fused-ring (bicyclic) bond motifs is 1. The van der Waals surface area contributed by atoms with Gasteiger partial charge in [0.25, 0.3) is 0 Å². The number of anilines is 2. The van der Waals surface area contributed by atoms with Crippen molar-refractivity contribution in [1.82, 2.24) is 10.2 Å². The highest BCUT2D eigenvalue weighted by atomic mass is 15.1. The van der Waals surface area contributed by atoms with Gasteiger partial charge in [0.15, 0.2) is 0 Å². The van der Waals surface area contributed by atoms with Crippen LogP contribution in [0.3, 0.4) is 0 Å². The third kappa shape index (κ3) is 2.03. The van der Waals surface area contributed by atoms with Gasteiger partial charge in [-0.15, -0.1) is 0 Å². The molecule has 96 valence electrons. The van der Waals surface area contributed by atoms with Crippen molar-refractivity contribution in [2.75, 3.05) is 23.7 Å². The molecule has 0 amide bonds. The van der Waals surface area contributed by atoms with E-state index in [-0.39, 0.29) is 0 Å². The lowest BCUT2D eigenvalue weighted by atomic mass is 10.0. The summed E-state index contributed by atoms with van der Waals surface area (Å²) < 4.78 is 0. The molecule has 0 saturated carbocycles. The van der Waals surface area contributed by atoms with Gasteiger partial charge in [-0.05, 0) is 37.3 Å². The Kier molecular flexibility index (Phi) is 2.86. The van der Waals surface area contributed by atoms with Crippen molar-refractivity contribution < 1.29 is 0 Å². The van der Waals surface area contributed by atoms with Gasteiger partial charge in [-0.25, -0.2) is 0 Å². The summed E-state index contributed by atoms with van der Waals surface area (Å²) in [5.41, 5.74) is 9.26. The van der Waals surface area contributed by atoms with Crippen molar-refractivity contribution in [2.24, 2.45) is 5.92 Å². The molecule has 4 heteroatoms. The molecule has 0 bridgehead atoms. The van der Waals surface area contributed by atoms with E-state index in [1.54, 1.807) is 0 Å². The molecular weight excluding hydrogens is 224 g/mol. The average molecular weight is 244 g/mol. The van der Waals surface area contributed by atoms with Crippen molar-refractivity contribution in [3.8, 4) is 0 Å². The average Bonchev–Trinajstić information content (AvgIpc) is 2.69. The van der Waals surface area contributed by atoms with E-state index in [0.717, 1.165) is 41.3 Å². The monoisotopic (exact) mass is 244 g/mol. The number of nitrogen functional groups attached to an aromatic ring is 1. The Morgan fingerprint density at radius 1 is 1.33 bits per heavy atom. The molecule has 18 heavy (non-hydrogen) atoms. The lowest BCUT2D eigenvalue weighted by Gasteiger charge is -2.24. The van der Waals surface area contributed by atoms with Gasteiger partial charge >= 0.3 is 0 Å². The molecule has 0 radical (unpaired) electrons. The quantitative estimate of drug-likeness (QED) is 0.758. The number of hydrogen-bond donors (Lipinski definition) is 2. The Bertz CT molecular complexity index is 546. The maximum atomic E-state index is 6.18. The standard InChI is InChI=1S/C14H20N4/c1-10-3-2-5-18(6-4-10)14-8-13-11(7-12(14)15)9-16-17-13/h7-10H,2-6,15H2,1H3,(H,16,17). The maximum Gasteiger partial charge on any atom is 0.0672 e. The first-order valence-electron chi connectivity index (χ1n) is 6.71. The summed E-state index contributed by atoms with van der Waals surface area (Å²) in [6, 6.07) is 4.15. The largest absolute Gasteiger partial charge is 0.397 e. The summed E-state index contributed by atoms with van der Waals surface area (Å²) >= 11 is 0. The highest BCUT2D eigenvalue weighted by molar-refractivity contribution is 5.88. The summed E-state index contributed by atoms with van der Waals surface area (Å²) in [4.78, 5) is 2.42. The van der Waals surface area contributed by atoms with Crippen LogP contribution in [0.5, 0.6) is 0 Å². The van der Waals surface area contributed by atoms with Crippen molar-refractivity contribution in [3.05, 3.63) is 18.3 Å². The van der Waals surface area contributed by atoms with Crippen LogP contribution in [0.1, 0.15) is 26.2 Å². The van der Waals surface area contributed by atoms with Gasteiger partial charge in [0.1, 0.15) is 0 Å². The van der Waals surface area contributed by atoms with Gasteiger partial charge in [-0.2, -0.15) is 5.10 Å². The van der Waals surface area contributed by atoms with Gasteiger partial charge in [0, 0.05) is 18.5 Å². The van der Waals surface area contributed by atoms with E-state index >= 15 is 0 Å². The summed E-state index contributed by atoms with van der Waals surface area (Å²) in [6.07, 6.45) is 5.64. The highest BCUT2D eigenvalue weighted by Gasteiger charge is 2.16. The first-order chi connectivity index (χ1) is 8.74. The van der Waals surface area contributed by atoms with Crippen LogP contribution in [0, 0.1) is 5.92 Å². The predicted molar refractivity (Wildman–Crippen MR) is 75.7 cm³/mol. The Hall–Kier alpha value is -1.71. The van der Waals surface area contributed by atoms with Crippen LogP contribution in [-0.4, -0.2) is 23.3 Å². The number of nitrogens with one attached hydrogen (secondary N) is 1. The van der Waals surface area contributed by atoms with Crippen LogP contribution in [0.15, 0.2) is 18.3 Å². The lowest BCUT2D eigenvalue weighted by Crippen LogP contribution is -2.25. The molecular formula is C14H20N4. The molecule has 1 fully saturated rings. The van der Waals surface area contributed by atoms with Gasteiger partial charge < -0.3 is 10.6 Å². The normalized spacial score (nSPS) is 21.2. The molecule has 3 N–H and O–H groups in total. The minimum absolute atomic E-state index is 0.826. The summed E-state index contributed by atoms with van der Waals surface area (Å²) in [7, 11) is 0. The SMILES string of the molecule is CC1CCCN(c2cc3[nH]ncc3cc2N)CC1. The van der Waals surface area contributed by atoms with E-state index in [2.05, 4.69) is 28.1 Å². The predicted octanol–water partition coefficient (Wildman–Crippen LogP) is 2.77. The van der Waals surface area contributed by atoms with E-state index in [1.165, 1.54) is 19.3 Å². The van der Waals surface area contributed by atoms with Crippen LogP contribution in [0.4, 0.5) is 11.4 Å². The topological polar surface area (TPSA) is 57.9 Å². The Balaban J connectivity index is 1.94. The molecule has 1 aliphatic rings. The van der Waals surface area contributed by atoms with E-state index < -0.39 is 0 Å². The fraction of sp³-hybridized carbons (Fsp3) is 0.500. The Morgan fingerprint density at radius 2 is 2.22 bits per heavy atom. The third-order valence-corrected chi connectivity index (χ3v) is 3.94. The molecule has 1 aromatic carbocycles. The molecule has 4 nitrogen and oxygen atoms in total. The molecule has 2 aromatic rings. The number of hydrogen-bond acceptors (Lipinski definition) is 3. The minimum atomic E-state index is 0.826. The molecule has 0 spiro atoms. The summed E-state index contributed by atoms with van der Waals surface area (Å²) in [5.74, 6) is 0.826. The molecule has 1 saturated heterocycles. The van der Waals surface area contributed by atoms with Gasteiger partial charge in [0.2, 0.25) is 0 Å².